The molecule has 2 heterocycles. The number of aromatic nitrogens is 2. The predicted molar refractivity (Wildman–Crippen MR) is 109 cm³/mol. The highest BCUT2D eigenvalue weighted by Gasteiger charge is 2.10. The van der Waals surface area contributed by atoms with E-state index in [1.807, 2.05) is 0 Å². The van der Waals surface area contributed by atoms with Crippen molar-refractivity contribution in [2.45, 2.75) is 6.92 Å². The quantitative estimate of drug-likeness (QED) is 0.336. The Morgan fingerprint density at radius 2 is 2.25 bits per heavy atom. The summed E-state index contributed by atoms with van der Waals surface area (Å²) in [6.45, 7) is 2.03. The SMILES string of the molecule is CCOC(=O)c1ccnc(Oc2ccc(C=NNc3nc(N)cs3)cc2Cl)c1. The summed E-state index contributed by atoms with van der Waals surface area (Å²) in [4.78, 5) is 19.9. The first-order chi connectivity index (χ1) is 13.5. The van der Waals surface area contributed by atoms with E-state index in [0.717, 1.165) is 5.56 Å². The molecule has 0 bridgehead atoms. The number of hydrogen-bond donors (Lipinski definition) is 2. The minimum absolute atomic E-state index is 0.233. The molecular formula is C18H16ClN5O3S. The summed E-state index contributed by atoms with van der Waals surface area (Å²) >= 11 is 7.63. The standard InChI is InChI=1S/C18H16ClN5O3S/c1-2-26-17(25)12-5-6-21-16(8-12)27-14-4-3-11(7-13(14)19)9-22-24-18-23-15(20)10-28-18/h3-10H,2,20H2,1H3,(H,23,24). The topological polar surface area (TPSA) is 112 Å². The number of carbonyl (C=O) groups excluding carboxylic acids is 1. The molecule has 2 aromatic heterocycles. The van der Waals surface area contributed by atoms with Crippen LogP contribution in [-0.2, 0) is 4.74 Å². The second-order valence-corrected chi connectivity index (χ2v) is 6.61. The van der Waals surface area contributed by atoms with Gasteiger partial charge in [0.05, 0.1) is 23.4 Å². The van der Waals surface area contributed by atoms with Crippen LogP contribution in [0, 0.1) is 0 Å². The highest BCUT2D eigenvalue weighted by molar-refractivity contribution is 7.14. The Bertz CT molecular complexity index is 1010. The fraction of sp³-hybridized carbons (Fsp3) is 0.111. The van der Waals surface area contributed by atoms with Gasteiger partial charge in [-0.1, -0.05) is 11.6 Å². The molecule has 1 aromatic carbocycles. The van der Waals surface area contributed by atoms with Crippen LogP contribution in [0.1, 0.15) is 22.8 Å². The molecule has 0 aliphatic carbocycles. The Labute approximate surface area is 170 Å². The zero-order valence-electron chi connectivity index (χ0n) is 14.8. The first-order valence-electron chi connectivity index (χ1n) is 8.16. The van der Waals surface area contributed by atoms with Crippen LogP contribution in [0.4, 0.5) is 10.9 Å². The molecule has 0 saturated heterocycles. The largest absolute Gasteiger partial charge is 0.462 e. The number of pyridine rings is 1. The Morgan fingerprint density at radius 1 is 1.39 bits per heavy atom. The number of anilines is 2. The van der Waals surface area contributed by atoms with Crippen LogP contribution in [-0.4, -0.2) is 28.8 Å². The summed E-state index contributed by atoms with van der Waals surface area (Å²) in [6, 6.07) is 8.19. The van der Waals surface area contributed by atoms with E-state index in [-0.39, 0.29) is 12.5 Å². The van der Waals surface area contributed by atoms with Gasteiger partial charge in [0.2, 0.25) is 11.0 Å². The number of carbonyl (C=O) groups is 1. The molecule has 0 aliphatic heterocycles. The van der Waals surface area contributed by atoms with E-state index in [0.29, 0.717) is 27.3 Å². The maximum atomic E-state index is 11.8. The minimum Gasteiger partial charge on any atom is -0.462 e. The first-order valence-corrected chi connectivity index (χ1v) is 9.41. The summed E-state index contributed by atoms with van der Waals surface area (Å²) < 4.78 is 10.6. The van der Waals surface area contributed by atoms with E-state index < -0.39 is 5.97 Å². The van der Waals surface area contributed by atoms with Gasteiger partial charge in [-0.2, -0.15) is 5.10 Å². The summed E-state index contributed by atoms with van der Waals surface area (Å²) in [7, 11) is 0. The number of nitrogens with one attached hydrogen (secondary N) is 1. The van der Waals surface area contributed by atoms with Crippen molar-refractivity contribution >= 4 is 46.1 Å². The summed E-state index contributed by atoms with van der Waals surface area (Å²) in [5.41, 5.74) is 9.43. The number of hydrogen-bond acceptors (Lipinski definition) is 9. The lowest BCUT2D eigenvalue weighted by molar-refractivity contribution is 0.0526. The minimum atomic E-state index is -0.443. The molecule has 0 amide bonds. The van der Waals surface area contributed by atoms with Crippen molar-refractivity contribution in [2.75, 3.05) is 17.8 Å². The second-order valence-electron chi connectivity index (χ2n) is 5.34. The van der Waals surface area contributed by atoms with Gasteiger partial charge < -0.3 is 15.2 Å². The number of ether oxygens (including phenoxy) is 2. The lowest BCUT2D eigenvalue weighted by Gasteiger charge is -2.08. The lowest BCUT2D eigenvalue weighted by atomic mass is 10.2. The molecule has 8 nitrogen and oxygen atoms in total. The second kappa shape index (κ2) is 9.16. The van der Waals surface area contributed by atoms with Crippen molar-refractivity contribution in [1.29, 1.82) is 0 Å². The third kappa shape index (κ3) is 5.18. The number of esters is 1. The predicted octanol–water partition coefficient (Wildman–Crippen LogP) is 4.19. The van der Waals surface area contributed by atoms with Crippen molar-refractivity contribution in [3.63, 3.8) is 0 Å². The van der Waals surface area contributed by atoms with Gasteiger partial charge in [-0.15, -0.1) is 11.3 Å². The number of nitrogens with two attached hydrogens (primary N) is 1. The van der Waals surface area contributed by atoms with Gasteiger partial charge in [-0.25, -0.2) is 14.8 Å². The number of rotatable bonds is 7. The monoisotopic (exact) mass is 417 g/mol. The zero-order chi connectivity index (χ0) is 19.9. The molecule has 28 heavy (non-hydrogen) atoms. The van der Waals surface area contributed by atoms with Crippen molar-refractivity contribution in [2.24, 2.45) is 5.10 Å². The van der Waals surface area contributed by atoms with E-state index in [1.54, 1.807) is 42.8 Å². The normalized spacial score (nSPS) is 10.8. The van der Waals surface area contributed by atoms with Gasteiger partial charge in [0.25, 0.3) is 0 Å². The van der Waals surface area contributed by atoms with Crippen LogP contribution in [0.25, 0.3) is 0 Å². The average Bonchev–Trinajstić information content (AvgIpc) is 3.09. The van der Waals surface area contributed by atoms with Crippen LogP contribution in [0.3, 0.4) is 0 Å². The highest BCUT2D eigenvalue weighted by atomic mass is 35.5. The van der Waals surface area contributed by atoms with Gasteiger partial charge in [0.15, 0.2) is 0 Å². The summed E-state index contributed by atoms with van der Waals surface area (Å²) in [6.07, 6.45) is 3.06. The Kier molecular flexibility index (Phi) is 6.41. The molecule has 0 unspecified atom stereocenters. The Hall–Kier alpha value is -3.17. The molecule has 0 spiro atoms. The third-order valence-corrected chi connectivity index (χ3v) is 4.37. The maximum absolute atomic E-state index is 11.8. The fourth-order valence-corrected chi connectivity index (χ4v) is 2.88. The number of thiazole rings is 1. The number of hydrazone groups is 1. The van der Waals surface area contributed by atoms with E-state index in [9.17, 15) is 4.79 Å². The number of nitrogens with zero attached hydrogens (tertiary/aromatic N) is 3. The smallest absolute Gasteiger partial charge is 0.338 e. The van der Waals surface area contributed by atoms with Gasteiger partial charge in [-0.05, 0) is 36.8 Å². The van der Waals surface area contributed by atoms with E-state index in [2.05, 4.69) is 20.5 Å². The van der Waals surface area contributed by atoms with Gasteiger partial charge in [0.1, 0.15) is 11.6 Å². The summed E-state index contributed by atoms with van der Waals surface area (Å²) in [5, 5.41) is 6.75. The van der Waals surface area contributed by atoms with Crippen LogP contribution >= 0.6 is 22.9 Å². The highest BCUT2D eigenvalue weighted by Crippen LogP contribution is 2.29. The number of benzene rings is 1. The molecule has 0 aliphatic rings. The van der Waals surface area contributed by atoms with Crippen LogP contribution in [0.5, 0.6) is 11.6 Å². The molecule has 3 aromatic rings. The molecule has 144 valence electrons. The molecule has 0 fully saturated rings. The van der Waals surface area contributed by atoms with Gasteiger partial charge >= 0.3 is 5.97 Å². The lowest BCUT2D eigenvalue weighted by Crippen LogP contribution is -2.05. The van der Waals surface area contributed by atoms with Crippen LogP contribution in [0.15, 0.2) is 47.0 Å². The molecule has 0 saturated carbocycles. The van der Waals surface area contributed by atoms with Crippen LogP contribution < -0.4 is 15.9 Å². The van der Waals surface area contributed by atoms with Crippen molar-refractivity contribution in [3.05, 3.63) is 58.1 Å². The molecule has 0 atom stereocenters. The molecule has 3 N–H and O–H groups in total. The average molecular weight is 418 g/mol. The molecule has 0 radical (unpaired) electrons. The fourth-order valence-electron chi connectivity index (χ4n) is 2.10. The third-order valence-electron chi connectivity index (χ3n) is 3.31. The molecular weight excluding hydrogens is 402 g/mol. The summed E-state index contributed by atoms with van der Waals surface area (Å²) in [5.74, 6) is 0.625. The zero-order valence-corrected chi connectivity index (χ0v) is 16.3. The number of nitrogen functional groups attached to an aromatic ring is 1. The molecule has 3 rings (SSSR count). The van der Waals surface area contributed by atoms with E-state index >= 15 is 0 Å². The van der Waals surface area contributed by atoms with E-state index in [4.69, 9.17) is 26.8 Å². The van der Waals surface area contributed by atoms with Gasteiger partial charge in [-0.3, -0.25) is 5.43 Å². The van der Waals surface area contributed by atoms with Crippen molar-refractivity contribution in [1.82, 2.24) is 9.97 Å². The molecule has 10 heteroatoms. The van der Waals surface area contributed by atoms with Crippen molar-refractivity contribution in [3.8, 4) is 11.6 Å². The first kappa shape index (κ1) is 19.6. The Morgan fingerprint density at radius 3 is 2.96 bits per heavy atom. The maximum Gasteiger partial charge on any atom is 0.338 e. The Balaban J connectivity index is 1.67. The van der Waals surface area contributed by atoms with Crippen LogP contribution in [0.2, 0.25) is 5.02 Å². The van der Waals surface area contributed by atoms with E-state index in [1.165, 1.54) is 23.6 Å². The van der Waals surface area contributed by atoms with Gasteiger partial charge in [0, 0.05) is 17.6 Å². The number of halogens is 1. The van der Waals surface area contributed by atoms with Crippen molar-refractivity contribution < 1.29 is 14.3 Å².